The molecule has 298 valence electrons. The molecule has 0 saturated heterocycles. The highest BCUT2D eigenvalue weighted by Crippen LogP contribution is 2.41. The zero-order valence-corrected chi connectivity index (χ0v) is 34.5. The second-order valence-corrected chi connectivity index (χ2v) is 16.8. The van der Waals surface area contributed by atoms with E-state index in [1.54, 1.807) is 0 Å². The molecule has 5 aromatic heterocycles. The Morgan fingerprint density at radius 3 is 1.61 bits per heavy atom. The fourth-order valence-electron chi connectivity index (χ4n) is 10.4. The lowest BCUT2D eigenvalue weighted by molar-refractivity contribution is 0.669. The predicted molar refractivity (Wildman–Crippen MR) is 265 cm³/mol. The number of nitrogens with zero attached hydrogens (tertiary/aromatic N) is 4. The Balaban J connectivity index is 0.890. The van der Waals surface area contributed by atoms with Gasteiger partial charge in [-0.3, -0.25) is 4.98 Å². The lowest BCUT2D eigenvalue weighted by Crippen LogP contribution is -1.94. The van der Waals surface area contributed by atoms with Crippen LogP contribution >= 0.6 is 0 Å². The molecule has 0 saturated carbocycles. The maximum absolute atomic E-state index is 6.50. The minimum atomic E-state index is 0.869. The van der Waals surface area contributed by atoms with Gasteiger partial charge in [0.05, 0.1) is 38.6 Å². The Labute approximate surface area is 366 Å². The summed E-state index contributed by atoms with van der Waals surface area (Å²) in [5, 5.41) is 8.27. The molecule has 0 N–H and O–H groups in total. The number of aromatic nitrogens is 4. The monoisotopic (exact) mass is 816 g/mol. The van der Waals surface area contributed by atoms with E-state index in [-0.39, 0.29) is 0 Å². The molecule has 0 spiro atoms. The van der Waals surface area contributed by atoms with Crippen LogP contribution in [0.5, 0.6) is 0 Å². The molecule has 0 unspecified atom stereocenters. The molecule has 0 amide bonds. The van der Waals surface area contributed by atoms with Crippen molar-refractivity contribution in [3.05, 3.63) is 219 Å². The number of hydrogen-bond acceptors (Lipinski definition) is 2. The van der Waals surface area contributed by atoms with E-state index in [1.807, 2.05) is 12.3 Å². The molecule has 0 aliphatic carbocycles. The topological polar surface area (TPSA) is 40.8 Å². The summed E-state index contributed by atoms with van der Waals surface area (Å²) in [5.74, 6) is 0. The molecule has 5 heteroatoms. The lowest BCUT2D eigenvalue weighted by atomic mass is 10.0. The molecule has 0 atom stereocenters. The van der Waals surface area contributed by atoms with Crippen molar-refractivity contribution < 1.29 is 4.42 Å². The molecule has 0 bridgehead atoms. The van der Waals surface area contributed by atoms with Crippen molar-refractivity contribution >= 4 is 87.5 Å². The molecule has 0 aliphatic rings. The van der Waals surface area contributed by atoms with E-state index in [0.29, 0.717) is 0 Å². The standard InChI is InChI=1S/C59H36N4O/c1-2-13-41(14-3-1)61-51-19-7-4-16-44(51)46-27-23-40(35-56(46)61)38-24-28-54-48(33-38)45-17-5-8-20-52(45)62(54)43-26-30-58-50(36-43)49-34-39(25-29-57(49)64-58)37-12-10-15-42(32-37)63-53-21-9-6-18-47(53)59-55(63)22-11-31-60-59/h1-36H. The van der Waals surface area contributed by atoms with E-state index in [2.05, 4.69) is 220 Å². The predicted octanol–water partition coefficient (Wildman–Crippen LogP) is 15.6. The van der Waals surface area contributed by atoms with Crippen molar-refractivity contribution in [2.45, 2.75) is 0 Å². The Bertz CT molecular complexity index is 4150. The normalized spacial score (nSPS) is 12.1. The number of rotatable bonds is 5. The van der Waals surface area contributed by atoms with Crippen molar-refractivity contribution in [1.29, 1.82) is 0 Å². The minimum Gasteiger partial charge on any atom is -0.456 e. The number of para-hydroxylation sites is 4. The van der Waals surface area contributed by atoms with Crippen molar-refractivity contribution in [2.75, 3.05) is 0 Å². The number of benzene rings is 9. The Morgan fingerprint density at radius 2 is 0.797 bits per heavy atom. The number of furan rings is 1. The lowest BCUT2D eigenvalue weighted by Gasteiger charge is -2.10. The third-order valence-corrected chi connectivity index (χ3v) is 13.3. The molecular weight excluding hydrogens is 781 g/mol. The van der Waals surface area contributed by atoms with Gasteiger partial charge in [0.15, 0.2) is 0 Å². The van der Waals surface area contributed by atoms with E-state index in [9.17, 15) is 0 Å². The fraction of sp³-hybridized carbons (Fsp3) is 0. The summed E-state index contributed by atoms with van der Waals surface area (Å²) < 4.78 is 13.6. The van der Waals surface area contributed by atoms with Gasteiger partial charge in [0.25, 0.3) is 0 Å². The highest BCUT2D eigenvalue weighted by atomic mass is 16.3. The molecule has 5 nitrogen and oxygen atoms in total. The third-order valence-electron chi connectivity index (χ3n) is 13.3. The second kappa shape index (κ2) is 13.4. The summed E-state index contributed by atoms with van der Waals surface area (Å²) in [4.78, 5) is 4.76. The van der Waals surface area contributed by atoms with Gasteiger partial charge in [-0.05, 0) is 125 Å². The van der Waals surface area contributed by atoms with Crippen LogP contribution in [0, 0.1) is 0 Å². The molecule has 5 heterocycles. The van der Waals surface area contributed by atoms with Crippen molar-refractivity contribution in [1.82, 2.24) is 18.7 Å². The average molecular weight is 817 g/mol. The Kier molecular flexibility index (Phi) is 7.33. The minimum absolute atomic E-state index is 0.869. The van der Waals surface area contributed by atoms with Gasteiger partial charge >= 0.3 is 0 Å². The van der Waals surface area contributed by atoms with Gasteiger partial charge < -0.3 is 18.1 Å². The first-order valence-corrected chi connectivity index (χ1v) is 21.8. The maximum atomic E-state index is 6.50. The molecule has 14 aromatic rings. The van der Waals surface area contributed by atoms with Gasteiger partial charge in [-0.25, -0.2) is 0 Å². The van der Waals surface area contributed by atoms with E-state index in [4.69, 9.17) is 9.40 Å². The highest BCUT2D eigenvalue weighted by Gasteiger charge is 2.19. The molecule has 14 rings (SSSR count). The molecule has 0 fully saturated rings. The number of fused-ring (bicyclic) bond motifs is 12. The van der Waals surface area contributed by atoms with Crippen LogP contribution < -0.4 is 0 Å². The maximum Gasteiger partial charge on any atom is 0.135 e. The summed E-state index contributed by atoms with van der Waals surface area (Å²) in [5.41, 5.74) is 17.7. The quantitative estimate of drug-likeness (QED) is 0.174. The summed E-state index contributed by atoms with van der Waals surface area (Å²) >= 11 is 0. The van der Waals surface area contributed by atoms with Crippen LogP contribution in [0.4, 0.5) is 0 Å². The largest absolute Gasteiger partial charge is 0.456 e. The Hall–Kier alpha value is -8.67. The van der Waals surface area contributed by atoms with Crippen LogP contribution in [0.2, 0.25) is 0 Å². The summed E-state index contributed by atoms with van der Waals surface area (Å²) in [6, 6.07) is 76.6. The molecule has 0 radical (unpaired) electrons. The van der Waals surface area contributed by atoms with Crippen LogP contribution in [-0.4, -0.2) is 18.7 Å². The summed E-state index contributed by atoms with van der Waals surface area (Å²) in [6.07, 6.45) is 1.87. The van der Waals surface area contributed by atoms with Crippen molar-refractivity contribution in [2.24, 2.45) is 0 Å². The van der Waals surface area contributed by atoms with Crippen molar-refractivity contribution in [3.8, 4) is 39.3 Å². The first kappa shape index (κ1) is 35.0. The first-order chi connectivity index (χ1) is 31.7. The fourth-order valence-corrected chi connectivity index (χ4v) is 10.4. The van der Waals surface area contributed by atoms with Gasteiger partial charge in [0.2, 0.25) is 0 Å². The average Bonchev–Trinajstić information content (AvgIpc) is 4.10. The van der Waals surface area contributed by atoms with Crippen molar-refractivity contribution in [3.63, 3.8) is 0 Å². The zero-order valence-electron chi connectivity index (χ0n) is 34.5. The van der Waals surface area contributed by atoms with Gasteiger partial charge in [-0.15, -0.1) is 0 Å². The van der Waals surface area contributed by atoms with Crippen LogP contribution in [0.3, 0.4) is 0 Å². The van der Waals surface area contributed by atoms with Gasteiger partial charge in [-0.2, -0.15) is 0 Å². The van der Waals surface area contributed by atoms with Crippen LogP contribution in [0.25, 0.3) is 127 Å². The van der Waals surface area contributed by atoms with E-state index < -0.39 is 0 Å². The van der Waals surface area contributed by atoms with Crippen LogP contribution in [-0.2, 0) is 0 Å². The second-order valence-electron chi connectivity index (χ2n) is 16.8. The number of pyridine rings is 1. The van der Waals surface area contributed by atoms with E-state index >= 15 is 0 Å². The van der Waals surface area contributed by atoms with Gasteiger partial charge in [0, 0.05) is 61.0 Å². The van der Waals surface area contributed by atoms with Crippen LogP contribution in [0.1, 0.15) is 0 Å². The molecule has 9 aromatic carbocycles. The van der Waals surface area contributed by atoms with E-state index in [0.717, 1.165) is 77.6 Å². The number of hydrogen-bond donors (Lipinski definition) is 0. The zero-order chi connectivity index (χ0) is 41.9. The summed E-state index contributed by atoms with van der Waals surface area (Å²) in [6.45, 7) is 0. The first-order valence-electron chi connectivity index (χ1n) is 21.8. The summed E-state index contributed by atoms with van der Waals surface area (Å²) in [7, 11) is 0. The highest BCUT2D eigenvalue weighted by molar-refractivity contribution is 6.14. The smallest absolute Gasteiger partial charge is 0.135 e. The van der Waals surface area contributed by atoms with Crippen LogP contribution in [0.15, 0.2) is 223 Å². The molecule has 0 aliphatic heterocycles. The SMILES string of the molecule is c1ccc(-n2c3ccccc3c3ccc(-c4ccc5c(c4)c4ccccc4n5-c4ccc5oc6ccc(-c7cccc(-n8c9ccccc9c9ncccc98)c7)cc6c5c4)cc32)cc1. The van der Waals surface area contributed by atoms with E-state index in [1.165, 1.54) is 49.2 Å². The third kappa shape index (κ3) is 5.09. The molecular formula is C59H36N4O. The van der Waals surface area contributed by atoms with Gasteiger partial charge in [-0.1, -0.05) is 109 Å². The molecule has 64 heavy (non-hydrogen) atoms. The van der Waals surface area contributed by atoms with Gasteiger partial charge in [0.1, 0.15) is 11.2 Å². The Morgan fingerprint density at radius 1 is 0.281 bits per heavy atom.